The van der Waals surface area contributed by atoms with Crippen LogP contribution in [0.4, 0.5) is 0 Å². The van der Waals surface area contributed by atoms with Crippen molar-refractivity contribution in [2.45, 2.75) is 12.5 Å². The second kappa shape index (κ2) is 8.24. The lowest BCUT2D eigenvalue weighted by Gasteiger charge is -2.37. The third-order valence-corrected chi connectivity index (χ3v) is 4.88. The molecule has 0 aromatic heterocycles. The van der Waals surface area contributed by atoms with Gasteiger partial charge in [0.25, 0.3) is 0 Å². The predicted molar refractivity (Wildman–Crippen MR) is 95.6 cm³/mol. The quantitative estimate of drug-likeness (QED) is 0.822. The highest BCUT2D eigenvalue weighted by atomic mass is 35.5. The maximum absolute atomic E-state index is 12.9. The number of rotatable bonds is 5. The first-order valence-electron chi connectivity index (χ1n) is 8.64. The summed E-state index contributed by atoms with van der Waals surface area (Å²) in [4.78, 5) is 27.2. The van der Waals surface area contributed by atoms with Crippen LogP contribution in [-0.2, 0) is 20.7 Å². The number of ether oxygens (including phenoxy) is 2. The maximum Gasteiger partial charge on any atom is 0.317 e. The highest BCUT2D eigenvalue weighted by Crippen LogP contribution is 2.30. The number of fused-ring (bicyclic) bond motifs is 1. The minimum atomic E-state index is -0.882. The van der Waals surface area contributed by atoms with Gasteiger partial charge < -0.3 is 19.5 Å². The van der Waals surface area contributed by atoms with Crippen LogP contribution in [-0.4, -0.2) is 79.3 Å². The van der Waals surface area contributed by atoms with E-state index in [1.54, 1.807) is 22.9 Å². The fraction of sp³-hybridized carbons (Fsp3) is 0.556. The number of carboxylic acid groups (broad SMARTS) is 1. The Morgan fingerprint density at radius 1 is 1.42 bits per heavy atom. The Balaban J connectivity index is 1.58. The molecule has 1 saturated heterocycles. The number of amides is 1. The van der Waals surface area contributed by atoms with E-state index in [0.29, 0.717) is 44.3 Å². The van der Waals surface area contributed by atoms with Crippen LogP contribution < -0.4 is 4.74 Å². The molecule has 0 aliphatic carbocycles. The molecule has 142 valence electrons. The van der Waals surface area contributed by atoms with Crippen molar-refractivity contribution in [2.24, 2.45) is 5.92 Å². The SMILES string of the molecule is CN(CC(=O)O)C[C@@H]1CN(C(=O)[C@@H]2COc3ccc(Cl)cc3C2)CCO1. The summed E-state index contributed by atoms with van der Waals surface area (Å²) in [5.74, 6) is -0.289. The Morgan fingerprint density at radius 2 is 2.23 bits per heavy atom. The van der Waals surface area contributed by atoms with E-state index in [2.05, 4.69) is 0 Å². The molecule has 1 aromatic rings. The highest BCUT2D eigenvalue weighted by molar-refractivity contribution is 6.30. The zero-order chi connectivity index (χ0) is 18.7. The Bertz CT molecular complexity index is 684. The summed E-state index contributed by atoms with van der Waals surface area (Å²) in [6, 6.07) is 5.46. The van der Waals surface area contributed by atoms with Crippen LogP contribution in [0.1, 0.15) is 5.56 Å². The van der Waals surface area contributed by atoms with Gasteiger partial charge in [-0.2, -0.15) is 0 Å². The van der Waals surface area contributed by atoms with Crippen LogP contribution in [0.25, 0.3) is 0 Å². The van der Waals surface area contributed by atoms with E-state index in [0.717, 1.165) is 11.3 Å². The van der Waals surface area contributed by atoms with Gasteiger partial charge in [-0.25, -0.2) is 0 Å². The smallest absolute Gasteiger partial charge is 0.317 e. The monoisotopic (exact) mass is 382 g/mol. The lowest BCUT2D eigenvalue weighted by atomic mass is 9.95. The van der Waals surface area contributed by atoms with Crippen molar-refractivity contribution in [1.82, 2.24) is 9.80 Å². The van der Waals surface area contributed by atoms with Crippen molar-refractivity contribution < 1.29 is 24.2 Å². The van der Waals surface area contributed by atoms with Gasteiger partial charge in [-0.3, -0.25) is 14.5 Å². The Kier molecular flexibility index (Phi) is 6.01. The number of morpholine rings is 1. The van der Waals surface area contributed by atoms with Crippen molar-refractivity contribution in [1.29, 1.82) is 0 Å². The van der Waals surface area contributed by atoms with Gasteiger partial charge in [-0.1, -0.05) is 11.6 Å². The standard InChI is InChI=1S/C18H23ClN2O5/c1-20(10-17(22)23)8-15-9-21(4-5-25-15)18(24)13-6-12-7-14(19)2-3-16(12)26-11-13/h2-3,7,13,15H,4-6,8-11H2,1H3,(H,22,23)/t13-,15+/m0/s1. The van der Waals surface area contributed by atoms with E-state index in [1.165, 1.54) is 0 Å². The van der Waals surface area contributed by atoms with Crippen molar-refractivity contribution in [2.75, 3.05) is 46.4 Å². The van der Waals surface area contributed by atoms with Crippen LogP contribution in [0, 0.1) is 5.92 Å². The van der Waals surface area contributed by atoms with Crippen LogP contribution in [0.15, 0.2) is 18.2 Å². The van der Waals surface area contributed by atoms with Crippen LogP contribution in [0.5, 0.6) is 5.75 Å². The first-order valence-corrected chi connectivity index (χ1v) is 9.02. The summed E-state index contributed by atoms with van der Waals surface area (Å²) in [5.41, 5.74) is 0.952. The molecule has 2 aliphatic heterocycles. The molecule has 0 spiro atoms. The number of nitrogens with zero attached hydrogens (tertiary/aromatic N) is 2. The molecule has 26 heavy (non-hydrogen) atoms. The van der Waals surface area contributed by atoms with Gasteiger partial charge in [0.1, 0.15) is 12.4 Å². The van der Waals surface area contributed by atoms with E-state index in [4.69, 9.17) is 26.2 Å². The summed E-state index contributed by atoms with van der Waals surface area (Å²) in [6.07, 6.45) is 0.415. The number of benzene rings is 1. The molecule has 7 nitrogen and oxygen atoms in total. The molecule has 1 N–H and O–H groups in total. The number of carbonyl (C=O) groups is 2. The molecule has 2 heterocycles. The number of likely N-dealkylation sites (N-methyl/N-ethyl adjacent to an activating group) is 1. The summed E-state index contributed by atoms with van der Waals surface area (Å²) in [6.45, 7) is 2.22. The van der Waals surface area contributed by atoms with Crippen LogP contribution in [0.2, 0.25) is 5.02 Å². The highest BCUT2D eigenvalue weighted by Gasteiger charge is 2.33. The van der Waals surface area contributed by atoms with Crippen molar-refractivity contribution in [3.05, 3.63) is 28.8 Å². The third kappa shape index (κ3) is 4.66. The maximum atomic E-state index is 12.9. The average Bonchev–Trinajstić information content (AvgIpc) is 2.60. The predicted octanol–water partition coefficient (Wildman–Crippen LogP) is 1.13. The molecule has 1 amide bonds. The lowest BCUT2D eigenvalue weighted by molar-refractivity contribution is -0.146. The lowest BCUT2D eigenvalue weighted by Crippen LogP contribution is -2.52. The fourth-order valence-corrected chi connectivity index (χ4v) is 3.65. The minimum Gasteiger partial charge on any atom is -0.492 e. The van der Waals surface area contributed by atoms with Crippen LogP contribution in [0.3, 0.4) is 0 Å². The molecule has 0 unspecified atom stereocenters. The zero-order valence-corrected chi connectivity index (χ0v) is 15.4. The van der Waals surface area contributed by atoms with Gasteiger partial charge in [-0.05, 0) is 37.2 Å². The number of aliphatic carboxylic acids is 1. The molecule has 1 fully saturated rings. The number of hydrogen-bond donors (Lipinski definition) is 1. The summed E-state index contributed by atoms with van der Waals surface area (Å²) in [5, 5.41) is 9.49. The summed E-state index contributed by atoms with van der Waals surface area (Å²) >= 11 is 6.04. The molecule has 0 saturated carbocycles. The molecule has 1 aromatic carbocycles. The van der Waals surface area contributed by atoms with Crippen molar-refractivity contribution >= 4 is 23.5 Å². The number of carbonyl (C=O) groups excluding carboxylic acids is 1. The molecular weight excluding hydrogens is 360 g/mol. The van der Waals surface area contributed by atoms with Gasteiger partial charge in [0.05, 0.1) is 25.2 Å². The van der Waals surface area contributed by atoms with Crippen molar-refractivity contribution in [3.8, 4) is 5.75 Å². The molecule has 0 radical (unpaired) electrons. The summed E-state index contributed by atoms with van der Waals surface area (Å²) < 4.78 is 11.4. The van der Waals surface area contributed by atoms with E-state index in [9.17, 15) is 9.59 Å². The normalized spacial score (nSPS) is 22.7. The Labute approximate surface area is 157 Å². The van der Waals surface area contributed by atoms with E-state index in [-0.39, 0.29) is 24.5 Å². The van der Waals surface area contributed by atoms with E-state index in [1.807, 2.05) is 12.1 Å². The first-order chi connectivity index (χ1) is 12.4. The molecular formula is C18H23ClN2O5. The molecule has 0 bridgehead atoms. The molecule has 2 atom stereocenters. The topological polar surface area (TPSA) is 79.3 Å². The Morgan fingerprint density at radius 3 is 3.00 bits per heavy atom. The third-order valence-electron chi connectivity index (χ3n) is 4.65. The largest absolute Gasteiger partial charge is 0.492 e. The Hall–Kier alpha value is -1.83. The van der Waals surface area contributed by atoms with Gasteiger partial charge in [0.2, 0.25) is 5.91 Å². The van der Waals surface area contributed by atoms with Crippen molar-refractivity contribution in [3.63, 3.8) is 0 Å². The van der Waals surface area contributed by atoms with Crippen LogP contribution >= 0.6 is 11.6 Å². The second-order valence-corrected chi connectivity index (χ2v) is 7.27. The van der Waals surface area contributed by atoms with Gasteiger partial charge in [-0.15, -0.1) is 0 Å². The van der Waals surface area contributed by atoms with Gasteiger partial charge >= 0.3 is 5.97 Å². The zero-order valence-electron chi connectivity index (χ0n) is 14.7. The molecule has 8 heteroatoms. The number of halogens is 1. The average molecular weight is 383 g/mol. The molecule has 2 aliphatic rings. The van der Waals surface area contributed by atoms with E-state index >= 15 is 0 Å². The number of hydrogen-bond acceptors (Lipinski definition) is 5. The minimum absolute atomic E-state index is 0.0461. The first kappa shape index (κ1) is 18.9. The van der Waals surface area contributed by atoms with Gasteiger partial charge in [0, 0.05) is 24.7 Å². The molecule has 3 rings (SSSR count). The van der Waals surface area contributed by atoms with Gasteiger partial charge in [0.15, 0.2) is 0 Å². The number of carboxylic acids is 1. The second-order valence-electron chi connectivity index (χ2n) is 6.83. The fourth-order valence-electron chi connectivity index (χ4n) is 3.45. The van der Waals surface area contributed by atoms with E-state index < -0.39 is 5.97 Å². The summed E-state index contributed by atoms with van der Waals surface area (Å²) in [7, 11) is 1.73.